The van der Waals surface area contributed by atoms with Crippen molar-refractivity contribution in [3.8, 4) is 0 Å². The van der Waals surface area contributed by atoms with E-state index in [1.54, 1.807) is 6.92 Å². The van der Waals surface area contributed by atoms with E-state index in [4.69, 9.17) is 5.11 Å². The van der Waals surface area contributed by atoms with Crippen LogP contribution in [-0.4, -0.2) is 42.9 Å². The molecule has 0 amide bonds. The maximum Gasteiger partial charge on any atom is 0.323 e. The Kier molecular flexibility index (Phi) is 2.36. The Morgan fingerprint density at radius 2 is 2.33 bits per heavy atom. The zero-order chi connectivity index (χ0) is 9.35. The third-order valence-electron chi connectivity index (χ3n) is 1.67. The highest BCUT2D eigenvalue weighted by atomic mass is 32.2. The Hall–Kier alpha value is -0.660. The van der Waals surface area contributed by atoms with Gasteiger partial charge in [0.25, 0.3) is 10.2 Å². The van der Waals surface area contributed by atoms with Crippen molar-refractivity contribution in [2.45, 2.75) is 13.0 Å². The molecule has 1 unspecified atom stereocenters. The molecule has 1 fully saturated rings. The number of carboxylic acids is 1. The fraction of sp³-hybridized carbons (Fsp3) is 0.800. The van der Waals surface area contributed by atoms with Crippen molar-refractivity contribution in [2.75, 3.05) is 13.1 Å². The topological polar surface area (TPSA) is 86.7 Å². The molecule has 12 heavy (non-hydrogen) atoms. The molecule has 1 atom stereocenters. The van der Waals surface area contributed by atoms with Gasteiger partial charge in [-0.2, -0.15) is 17.4 Å². The molecule has 1 heterocycles. The van der Waals surface area contributed by atoms with E-state index in [1.807, 2.05) is 4.72 Å². The second-order valence-corrected chi connectivity index (χ2v) is 4.17. The normalized spacial score (nSPS) is 28.9. The first kappa shape index (κ1) is 9.43. The molecule has 0 spiro atoms. The minimum Gasteiger partial charge on any atom is -0.480 e. The van der Waals surface area contributed by atoms with E-state index in [0.29, 0.717) is 6.54 Å². The lowest BCUT2D eigenvalue weighted by Crippen LogP contribution is -2.34. The van der Waals surface area contributed by atoms with Gasteiger partial charge >= 0.3 is 5.97 Å². The molecule has 1 aliphatic rings. The Balaban J connectivity index is 2.80. The van der Waals surface area contributed by atoms with Gasteiger partial charge in [-0.05, 0) is 0 Å². The van der Waals surface area contributed by atoms with Crippen LogP contribution in [0.3, 0.4) is 0 Å². The van der Waals surface area contributed by atoms with E-state index in [0.717, 1.165) is 4.31 Å². The number of rotatable bonds is 2. The highest BCUT2D eigenvalue weighted by Gasteiger charge is 2.37. The second-order valence-electron chi connectivity index (χ2n) is 2.46. The molecule has 7 heteroatoms. The lowest BCUT2D eigenvalue weighted by Gasteiger charge is -2.07. The molecular weight excluding hydrogens is 184 g/mol. The quantitative estimate of drug-likeness (QED) is 0.566. The van der Waals surface area contributed by atoms with Gasteiger partial charge in [0.2, 0.25) is 0 Å². The smallest absolute Gasteiger partial charge is 0.323 e. The summed E-state index contributed by atoms with van der Waals surface area (Å²) in [4.78, 5) is 10.4. The molecule has 0 aromatic carbocycles. The molecule has 0 aliphatic carbocycles. The molecule has 0 bridgehead atoms. The van der Waals surface area contributed by atoms with E-state index in [-0.39, 0.29) is 6.54 Å². The van der Waals surface area contributed by atoms with Crippen molar-refractivity contribution >= 4 is 16.2 Å². The molecule has 0 saturated carbocycles. The predicted octanol–water partition coefficient (Wildman–Crippen LogP) is -1.39. The summed E-state index contributed by atoms with van der Waals surface area (Å²) in [6.45, 7) is 1.96. The number of hydrogen-bond donors (Lipinski definition) is 2. The monoisotopic (exact) mass is 194 g/mol. The van der Waals surface area contributed by atoms with Crippen molar-refractivity contribution < 1.29 is 18.3 Å². The van der Waals surface area contributed by atoms with Crippen molar-refractivity contribution in [3.63, 3.8) is 0 Å². The number of aliphatic carboxylic acids is 1. The molecule has 0 radical (unpaired) electrons. The number of nitrogens with zero attached hydrogens (tertiary/aromatic N) is 1. The van der Waals surface area contributed by atoms with Crippen LogP contribution in [-0.2, 0) is 15.0 Å². The zero-order valence-electron chi connectivity index (χ0n) is 6.52. The highest BCUT2D eigenvalue weighted by Crippen LogP contribution is 2.09. The van der Waals surface area contributed by atoms with E-state index >= 15 is 0 Å². The molecule has 6 nitrogen and oxygen atoms in total. The maximum absolute atomic E-state index is 11.1. The molecule has 1 saturated heterocycles. The van der Waals surface area contributed by atoms with Crippen LogP contribution in [0.25, 0.3) is 0 Å². The van der Waals surface area contributed by atoms with Crippen LogP contribution in [0.5, 0.6) is 0 Å². The third kappa shape index (κ3) is 1.57. The summed E-state index contributed by atoms with van der Waals surface area (Å²) in [5.74, 6) is -1.14. The molecule has 0 aromatic rings. The van der Waals surface area contributed by atoms with Gasteiger partial charge in [-0.25, -0.2) is 0 Å². The number of carboxylic acid groups (broad SMARTS) is 1. The summed E-state index contributed by atoms with van der Waals surface area (Å²) in [6.07, 6.45) is 0. The Morgan fingerprint density at radius 3 is 2.58 bits per heavy atom. The number of nitrogens with one attached hydrogen (secondary N) is 1. The van der Waals surface area contributed by atoms with E-state index in [1.165, 1.54) is 0 Å². The van der Waals surface area contributed by atoms with Crippen molar-refractivity contribution in [3.05, 3.63) is 0 Å². The number of hydrogen-bond acceptors (Lipinski definition) is 3. The Bertz CT molecular complexity index is 286. The molecular formula is C5H10N2O4S. The van der Waals surface area contributed by atoms with Crippen LogP contribution in [0, 0.1) is 0 Å². The largest absolute Gasteiger partial charge is 0.480 e. The summed E-state index contributed by atoms with van der Waals surface area (Å²) >= 11 is 0. The lowest BCUT2D eigenvalue weighted by atomic mass is 10.3. The van der Waals surface area contributed by atoms with E-state index in [9.17, 15) is 13.2 Å². The molecule has 2 N–H and O–H groups in total. The third-order valence-corrected chi connectivity index (χ3v) is 3.34. The van der Waals surface area contributed by atoms with Gasteiger partial charge in [-0.3, -0.25) is 4.79 Å². The van der Waals surface area contributed by atoms with E-state index in [2.05, 4.69) is 0 Å². The van der Waals surface area contributed by atoms with Gasteiger partial charge in [0.05, 0.1) is 0 Å². The molecule has 1 aliphatic heterocycles. The summed E-state index contributed by atoms with van der Waals surface area (Å²) in [6, 6.07) is -1.00. The fourth-order valence-electron chi connectivity index (χ4n) is 1.02. The van der Waals surface area contributed by atoms with Crippen LogP contribution >= 0.6 is 0 Å². The Labute approximate surface area is 70.4 Å². The lowest BCUT2D eigenvalue weighted by molar-refractivity contribution is -0.138. The maximum atomic E-state index is 11.1. The molecule has 0 aromatic heterocycles. The number of likely N-dealkylation sites (N-methyl/N-ethyl adjacent to an activating group) is 1. The van der Waals surface area contributed by atoms with Gasteiger partial charge in [0, 0.05) is 13.1 Å². The SMILES string of the molecule is CCN1CC(C(=O)O)NS1(=O)=O. The summed E-state index contributed by atoms with van der Waals surface area (Å²) in [5, 5.41) is 8.51. The summed E-state index contributed by atoms with van der Waals surface area (Å²) < 4.78 is 25.2. The average Bonchev–Trinajstić information content (AvgIpc) is 2.25. The van der Waals surface area contributed by atoms with Crippen LogP contribution < -0.4 is 4.72 Å². The van der Waals surface area contributed by atoms with Gasteiger partial charge in [-0.15, -0.1) is 0 Å². The Morgan fingerprint density at radius 1 is 1.75 bits per heavy atom. The van der Waals surface area contributed by atoms with Crippen LogP contribution in [0.2, 0.25) is 0 Å². The van der Waals surface area contributed by atoms with Crippen LogP contribution in [0.4, 0.5) is 0 Å². The minimum atomic E-state index is -3.53. The summed E-state index contributed by atoms with van der Waals surface area (Å²) in [7, 11) is -3.53. The first-order chi connectivity index (χ1) is 5.47. The predicted molar refractivity (Wildman–Crippen MR) is 40.7 cm³/mol. The minimum absolute atomic E-state index is 0.00810. The summed E-state index contributed by atoms with van der Waals surface area (Å²) in [5.41, 5.74) is 0. The average molecular weight is 194 g/mol. The van der Waals surface area contributed by atoms with Gasteiger partial charge < -0.3 is 5.11 Å². The zero-order valence-corrected chi connectivity index (χ0v) is 7.34. The van der Waals surface area contributed by atoms with E-state index < -0.39 is 22.2 Å². The first-order valence-corrected chi connectivity index (χ1v) is 4.91. The van der Waals surface area contributed by atoms with Crippen molar-refractivity contribution in [2.24, 2.45) is 0 Å². The highest BCUT2D eigenvalue weighted by molar-refractivity contribution is 7.87. The first-order valence-electron chi connectivity index (χ1n) is 3.47. The second kappa shape index (κ2) is 3.00. The number of carbonyl (C=O) groups is 1. The van der Waals surface area contributed by atoms with Crippen molar-refractivity contribution in [1.29, 1.82) is 0 Å². The fourth-order valence-corrected chi connectivity index (χ4v) is 2.39. The van der Waals surface area contributed by atoms with Crippen LogP contribution in [0.15, 0.2) is 0 Å². The van der Waals surface area contributed by atoms with Gasteiger partial charge in [0.1, 0.15) is 6.04 Å². The molecule has 70 valence electrons. The van der Waals surface area contributed by atoms with Crippen LogP contribution in [0.1, 0.15) is 6.92 Å². The van der Waals surface area contributed by atoms with Gasteiger partial charge in [0.15, 0.2) is 0 Å². The van der Waals surface area contributed by atoms with Crippen molar-refractivity contribution in [1.82, 2.24) is 9.03 Å². The van der Waals surface area contributed by atoms with Gasteiger partial charge in [-0.1, -0.05) is 6.92 Å². The molecule has 1 rings (SSSR count). The standard InChI is InChI=1S/C5H10N2O4S/c1-2-7-3-4(5(8)9)6-12(7,10)11/h4,6H,2-3H2,1H3,(H,8,9).